The van der Waals surface area contributed by atoms with Crippen LogP contribution in [0.5, 0.6) is 0 Å². The van der Waals surface area contributed by atoms with E-state index >= 15 is 0 Å². The smallest absolute Gasteiger partial charge is 0.364 e. The van der Waals surface area contributed by atoms with Crippen molar-refractivity contribution in [3.8, 4) is 0 Å². The van der Waals surface area contributed by atoms with Gasteiger partial charge < -0.3 is 24.7 Å². The van der Waals surface area contributed by atoms with E-state index in [9.17, 15) is 19.0 Å². The van der Waals surface area contributed by atoms with Crippen LogP contribution in [0.25, 0.3) is 0 Å². The zero-order valence-electron chi connectivity index (χ0n) is 12.8. The molecule has 10 nitrogen and oxygen atoms in total. The molecule has 15 heteroatoms. The first-order chi connectivity index (χ1) is 12.2. The van der Waals surface area contributed by atoms with E-state index in [2.05, 4.69) is 9.97 Å². The van der Waals surface area contributed by atoms with E-state index in [1.807, 2.05) is 0 Å². The molecule has 27 heavy (non-hydrogen) atoms. The normalized spacial score (nSPS) is 12.1. The van der Waals surface area contributed by atoms with Crippen LogP contribution in [0, 0.1) is 0 Å². The zero-order chi connectivity index (χ0) is 21.0. The predicted molar refractivity (Wildman–Crippen MR) is 96.7 cm³/mol. The van der Waals surface area contributed by atoms with Gasteiger partial charge in [0.05, 0.1) is 5.56 Å². The molecule has 2 heterocycles. The fourth-order valence-electron chi connectivity index (χ4n) is 1.57. The summed E-state index contributed by atoms with van der Waals surface area (Å²) in [5, 5.41) is 5.77. The van der Waals surface area contributed by atoms with Gasteiger partial charge in [0.2, 0.25) is 0 Å². The number of hydrogen-bond donors (Lipinski definition) is 5. The SMILES string of the molecule is O=C(Cl)c1ccc(Cl)nc1.O=P(O)(O)C(O)(c1ccc(Cl)nc1)P(=O)(O)O. The molecular formula is C12H11Cl3N2O8P2. The van der Waals surface area contributed by atoms with Gasteiger partial charge in [0.25, 0.3) is 10.3 Å². The van der Waals surface area contributed by atoms with Gasteiger partial charge in [-0.1, -0.05) is 29.3 Å². The lowest BCUT2D eigenvalue weighted by atomic mass is 10.3. The Morgan fingerprint density at radius 2 is 1.33 bits per heavy atom. The number of pyridine rings is 2. The van der Waals surface area contributed by atoms with E-state index in [0.29, 0.717) is 16.9 Å². The van der Waals surface area contributed by atoms with Gasteiger partial charge in [0.1, 0.15) is 10.3 Å². The van der Waals surface area contributed by atoms with Crippen molar-refractivity contribution in [1.29, 1.82) is 0 Å². The fraction of sp³-hybridized carbons (Fsp3) is 0.0833. The van der Waals surface area contributed by atoms with E-state index in [4.69, 9.17) is 54.4 Å². The summed E-state index contributed by atoms with van der Waals surface area (Å²) >= 11 is 16.0. The number of aliphatic hydroxyl groups is 1. The van der Waals surface area contributed by atoms with E-state index in [1.165, 1.54) is 18.3 Å². The summed E-state index contributed by atoms with van der Waals surface area (Å²) in [6, 6.07) is 4.93. The van der Waals surface area contributed by atoms with Crippen molar-refractivity contribution in [3.63, 3.8) is 0 Å². The number of halogens is 3. The molecule has 0 saturated carbocycles. The van der Waals surface area contributed by atoms with Crippen LogP contribution >= 0.6 is 50.0 Å². The molecule has 2 rings (SSSR count). The first kappa shape index (κ1) is 24.1. The summed E-state index contributed by atoms with van der Waals surface area (Å²) in [5.41, 5.74) is -0.366. The van der Waals surface area contributed by atoms with Crippen LogP contribution in [0.1, 0.15) is 15.9 Å². The predicted octanol–water partition coefficient (Wildman–Crippen LogP) is 2.31. The zero-order valence-corrected chi connectivity index (χ0v) is 16.9. The maximum atomic E-state index is 11.1. The van der Waals surface area contributed by atoms with E-state index in [0.717, 1.165) is 12.1 Å². The Morgan fingerprint density at radius 1 is 0.889 bits per heavy atom. The Bertz CT molecular complexity index is 876. The van der Waals surface area contributed by atoms with Gasteiger partial charge in [-0.25, -0.2) is 9.97 Å². The maximum Gasteiger partial charge on any atom is 0.374 e. The second-order valence-electron chi connectivity index (χ2n) is 4.74. The highest BCUT2D eigenvalue weighted by atomic mass is 35.5. The largest absolute Gasteiger partial charge is 0.374 e. The molecule has 0 aliphatic carbocycles. The first-order valence-corrected chi connectivity index (χ1v) is 10.8. The molecule has 0 unspecified atom stereocenters. The van der Waals surface area contributed by atoms with Crippen molar-refractivity contribution in [2.45, 2.75) is 5.08 Å². The number of nitrogens with zero attached hydrogens (tertiary/aromatic N) is 2. The summed E-state index contributed by atoms with van der Waals surface area (Å²) in [4.78, 5) is 53.1. The van der Waals surface area contributed by atoms with Crippen molar-refractivity contribution in [2.75, 3.05) is 0 Å². The van der Waals surface area contributed by atoms with Crippen LogP contribution in [0.15, 0.2) is 36.7 Å². The van der Waals surface area contributed by atoms with Crippen molar-refractivity contribution < 1.29 is 38.6 Å². The van der Waals surface area contributed by atoms with Crippen molar-refractivity contribution >= 4 is 55.2 Å². The Kier molecular flexibility index (Phi) is 8.11. The molecule has 5 N–H and O–H groups in total. The summed E-state index contributed by atoms with van der Waals surface area (Å²) in [6.45, 7) is 0. The average molecular weight is 480 g/mol. The first-order valence-electron chi connectivity index (χ1n) is 6.47. The molecule has 0 atom stereocenters. The minimum Gasteiger partial charge on any atom is -0.364 e. The van der Waals surface area contributed by atoms with Crippen molar-refractivity contribution in [2.24, 2.45) is 0 Å². The summed E-state index contributed by atoms with van der Waals surface area (Å²) in [6.07, 6.45) is 2.01. The topological polar surface area (TPSA) is 178 Å². The second kappa shape index (κ2) is 9.07. The van der Waals surface area contributed by atoms with Crippen molar-refractivity contribution in [3.05, 3.63) is 58.1 Å². The summed E-state index contributed by atoms with van der Waals surface area (Å²) in [5.74, 6) is 0. The fourth-order valence-corrected chi connectivity index (χ4v) is 4.20. The van der Waals surface area contributed by atoms with Crippen LogP contribution in [0.2, 0.25) is 10.3 Å². The standard InChI is InChI=1S/C6H3Cl2NO.C6H8ClNO7P2/c7-5-2-1-4(3-9-5)6(8)10;7-5-2-1-4(3-8-5)6(9,16(10,11)12)17(13,14)15/h1-3H;1-3,9H,(H2,10,11,12)(H2,13,14,15). The van der Waals surface area contributed by atoms with Crippen molar-refractivity contribution in [1.82, 2.24) is 9.97 Å². The van der Waals surface area contributed by atoms with Gasteiger partial charge in [0.15, 0.2) is 0 Å². The molecule has 2 aromatic heterocycles. The Hall–Kier alpha value is -0.900. The Labute approximate surface area is 167 Å². The van der Waals surface area contributed by atoms with E-state index in [1.54, 1.807) is 0 Å². The third-order valence-corrected chi connectivity index (χ3v) is 7.25. The minimum atomic E-state index is -5.54. The van der Waals surface area contributed by atoms with E-state index in [-0.39, 0.29) is 5.15 Å². The summed E-state index contributed by atoms with van der Waals surface area (Å²) in [7, 11) is -11.1. The molecule has 0 saturated heterocycles. The molecule has 2 aromatic rings. The number of carbonyl (C=O) groups is 1. The number of hydrogen-bond acceptors (Lipinski definition) is 6. The molecule has 0 aliphatic heterocycles. The number of rotatable bonds is 4. The average Bonchev–Trinajstić information content (AvgIpc) is 2.53. The Morgan fingerprint density at radius 3 is 1.63 bits per heavy atom. The minimum absolute atomic E-state index is 0.0625. The van der Waals surface area contributed by atoms with Crippen LogP contribution in [-0.2, 0) is 14.2 Å². The monoisotopic (exact) mass is 478 g/mol. The lowest BCUT2D eigenvalue weighted by Crippen LogP contribution is -2.26. The summed E-state index contributed by atoms with van der Waals surface area (Å²) < 4.78 is 22.2. The van der Waals surface area contributed by atoms with Gasteiger partial charge >= 0.3 is 15.2 Å². The highest BCUT2D eigenvalue weighted by Gasteiger charge is 2.61. The molecule has 0 aliphatic rings. The van der Waals surface area contributed by atoms with Gasteiger partial charge in [-0.3, -0.25) is 13.9 Å². The molecule has 0 spiro atoms. The molecule has 0 fully saturated rings. The molecule has 0 radical (unpaired) electrons. The highest BCUT2D eigenvalue weighted by Crippen LogP contribution is 2.72. The lowest BCUT2D eigenvalue weighted by molar-refractivity contribution is 0.108. The van der Waals surface area contributed by atoms with Crippen LogP contribution in [-0.4, -0.2) is 39.9 Å². The number of carbonyl (C=O) groups excluding carboxylic acids is 1. The molecule has 0 amide bonds. The molecule has 0 aromatic carbocycles. The molecule has 0 bridgehead atoms. The van der Waals surface area contributed by atoms with Gasteiger partial charge in [0, 0.05) is 18.0 Å². The highest BCUT2D eigenvalue weighted by molar-refractivity contribution is 7.71. The van der Waals surface area contributed by atoms with Gasteiger partial charge in [-0.05, 0) is 29.8 Å². The maximum absolute atomic E-state index is 11.1. The van der Waals surface area contributed by atoms with E-state index < -0.39 is 31.1 Å². The molecular weight excluding hydrogens is 468 g/mol. The van der Waals surface area contributed by atoms with Crippen LogP contribution in [0.3, 0.4) is 0 Å². The van der Waals surface area contributed by atoms with Crippen LogP contribution in [0.4, 0.5) is 0 Å². The number of aromatic nitrogens is 2. The second-order valence-corrected chi connectivity index (χ2v) is 9.68. The van der Waals surface area contributed by atoms with Gasteiger partial charge in [-0.15, -0.1) is 0 Å². The third-order valence-electron chi connectivity index (χ3n) is 2.88. The lowest BCUT2D eigenvalue weighted by Gasteiger charge is -2.29. The van der Waals surface area contributed by atoms with Gasteiger partial charge in [-0.2, -0.15) is 0 Å². The Balaban J connectivity index is 0.000000309. The quantitative estimate of drug-likeness (QED) is 0.248. The molecule has 148 valence electrons. The van der Waals surface area contributed by atoms with Crippen LogP contribution < -0.4 is 0 Å². The third kappa shape index (κ3) is 6.04.